The quantitative estimate of drug-likeness (QED) is 0.627. The third kappa shape index (κ3) is 3.49. The molecule has 6 heteroatoms. The number of para-hydroxylation sites is 1. The van der Waals surface area contributed by atoms with Gasteiger partial charge in [-0.1, -0.05) is 29.8 Å². The summed E-state index contributed by atoms with van der Waals surface area (Å²) >= 11 is -1.64. The zero-order valence-corrected chi connectivity index (χ0v) is 11.6. The van der Waals surface area contributed by atoms with Crippen molar-refractivity contribution in [3.05, 3.63) is 69.8 Å². The second kappa shape index (κ2) is 6.40. The van der Waals surface area contributed by atoms with E-state index in [1.165, 1.54) is 6.07 Å². The molecule has 0 bridgehead atoms. The summed E-state index contributed by atoms with van der Waals surface area (Å²) in [4.78, 5) is 10.9. The van der Waals surface area contributed by atoms with Gasteiger partial charge in [0.15, 0.2) is 11.1 Å². The van der Waals surface area contributed by atoms with Gasteiger partial charge in [0.1, 0.15) is 0 Å². The van der Waals surface area contributed by atoms with Crippen LogP contribution in [0.1, 0.15) is 11.1 Å². The molecule has 0 N–H and O–H groups in total. The highest BCUT2D eigenvalue weighted by Crippen LogP contribution is 2.20. The Morgan fingerprint density at radius 1 is 1.15 bits per heavy atom. The van der Waals surface area contributed by atoms with E-state index in [1.807, 2.05) is 19.1 Å². The van der Waals surface area contributed by atoms with Crippen LogP contribution in [0.4, 0.5) is 5.69 Å². The van der Waals surface area contributed by atoms with Crippen LogP contribution in [0, 0.1) is 17.0 Å². The second-order valence-electron chi connectivity index (χ2n) is 4.20. The van der Waals surface area contributed by atoms with Gasteiger partial charge in [-0.25, -0.2) is 4.21 Å². The predicted molar refractivity (Wildman–Crippen MR) is 75.5 cm³/mol. The number of benzene rings is 2. The van der Waals surface area contributed by atoms with Gasteiger partial charge in [0, 0.05) is 6.07 Å². The van der Waals surface area contributed by atoms with Crippen LogP contribution in [0.5, 0.6) is 0 Å². The lowest BCUT2D eigenvalue weighted by Crippen LogP contribution is -2.01. The van der Waals surface area contributed by atoms with Crippen LogP contribution in [0.25, 0.3) is 0 Å². The van der Waals surface area contributed by atoms with E-state index in [-0.39, 0.29) is 12.3 Å². The predicted octanol–water partition coefficient (Wildman–Crippen LogP) is 3.14. The lowest BCUT2D eigenvalue weighted by molar-refractivity contribution is -0.385. The molecule has 20 heavy (non-hydrogen) atoms. The second-order valence-corrected chi connectivity index (χ2v) is 5.37. The topological polar surface area (TPSA) is 69.4 Å². The summed E-state index contributed by atoms with van der Waals surface area (Å²) in [6.07, 6.45) is 0. The van der Waals surface area contributed by atoms with Crippen LogP contribution >= 0.6 is 0 Å². The summed E-state index contributed by atoms with van der Waals surface area (Å²) in [5.74, 6) is 0. The lowest BCUT2D eigenvalue weighted by Gasteiger charge is -2.05. The molecule has 0 saturated carbocycles. The van der Waals surface area contributed by atoms with Crippen molar-refractivity contribution in [2.75, 3.05) is 0 Å². The van der Waals surface area contributed by atoms with Gasteiger partial charge >= 0.3 is 0 Å². The molecule has 1 atom stereocenters. The molecule has 5 nitrogen and oxygen atoms in total. The molecular formula is C14H13NO4S. The number of nitrogens with zero attached hydrogens (tertiary/aromatic N) is 1. The Kier molecular flexibility index (Phi) is 4.60. The number of hydrogen-bond acceptors (Lipinski definition) is 4. The van der Waals surface area contributed by atoms with Gasteiger partial charge in [-0.3, -0.25) is 14.3 Å². The van der Waals surface area contributed by atoms with Crippen molar-refractivity contribution in [1.82, 2.24) is 0 Å². The molecule has 2 aromatic rings. The van der Waals surface area contributed by atoms with Crippen molar-refractivity contribution in [2.45, 2.75) is 18.4 Å². The molecule has 2 rings (SSSR count). The Balaban J connectivity index is 2.07. The van der Waals surface area contributed by atoms with Gasteiger partial charge in [0.25, 0.3) is 5.69 Å². The average molecular weight is 291 g/mol. The molecule has 0 aliphatic heterocycles. The van der Waals surface area contributed by atoms with Crippen molar-refractivity contribution >= 4 is 16.8 Å². The summed E-state index contributed by atoms with van der Waals surface area (Å²) in [5, 5.41) is 10.8. The molecule has 0 amide bonds. The van der Waals surface area contributed by atoms with Gasteiger partial charge in [0.2, 0.25) is 0 Å². The molecule has 0 spiro atoms. The van der Waals surface area contributed by atoms with E-state index in [4.69, 9.17) is 4.18 Å². The zero-order chi connectivity index (χ0) is 14.5. The molecule has 0 aliphatic carbocycles. The fourth-order valence-electron chi connectivity index (χ4n) is 1.65. The van der Waals surface area contributed by atoms with E-state index in [0.29, 0.717) is 10.5 Å². The first kappa shape index (κ1) is 14.4. The van der Waals surface area contributed by atoms with Crippen LogP contribution in [0.15, 0.2) is 53.4 Å². The molecule has 0 saturated heterocycles. The molecule has 0 heterocycles. The highest BCUT2D eigenvalue weighted by Gasteiger charge is 2.14. The first-order chi connectivity index (χ1) is 9.58. The van der Waals surface area contributed by atoms with Crippen molar-refractivity contribution in [2.24, 2.45) is 0 Å². The molecule has 0 radical (unpaired) electrons. The van der Waals surface area contributed by atoms with Gasteiger partial charge in [0.05, 0.1) is 22.0 Å². The summed E-state index contributed by atoms with van der Waals surface area (Å²) < 4.78 is 17.1. The molecule has 104 valence electrons. The lowest BCUT2D eigenvalue weighted by atomic mass is 10.2. The van der Waals surface area contributed by atoms with Crippen LogP contribution in [0.3, 0.4) is 0 Å². The minimum atomic E-state index is -1.64. The first-order valence-corrected chi connectivity index (χ1v) is 6.99. The Bertz CT molecular complexity index is 640. The monoisotopic (exact) mass is 291 g/mol. The van der Waals surface area contributed by atoms with Crippen molar-refractivity contribution in [3.63, 3.8) is 0 Å². The first-order valence-electron chi connectivity index (χ1n) is 5.92. The van der Waals surface area contributed by atoms with Crippen LogP contribution in [-0.4, -0.2) is 9.13 Å². The number of aryl methyl sites for hydroxylation is 1. The minimum Gasteiger partial charge on any atom is -0.282 e. The smallest absolute Gasteiger partial charge is 0.274 e. The van der Waals surface area contributed by atoms with Crippen molar-refractivity contribution < 1.29 is 13.3 Å². The van der Waals surface area contributed by atoms with Gasteiger partial charge in [-0.15, -0.1) is 0 Å². The molecule has 0 aliphatic rings. The third-order valence-electron chi connectivity index (χ3n) is 2.72. The number of hydrogen-bond donors (Lipinski definition) is 0. The van der Waals surface area contributed by atoms with Gasteiger partial charge in [-0.05, 0) is 25.1 Å². The van der Waals surface area contributed by atoms with E-state index >= 15 is 0 Å². The molecule has 1 unspecified atom stereocenters. The van der Waals surface area contributed by atoms with E-state index in [2.05, 4.69) is 0 Å². The minimum absolute atomic E-state index is 0.0339. The molecule has 0 aromatic heterocycles. The van der Waals surface area contributed by atoms with Crippen LogP contribution in [-0.2, 0) is 21.9 Å². The van der Waals surface area contributed by atoms with Crippen LogP contribution in [0.2, 0.25) is 0 Å². The molecule has 2 aromatic carbocycles. The van der Waals surface area contributed by atoms with E-state index < -0.39 is 16.0 Å². The number of rotatable bonds is 5. The van der Waals surface area contributed by atoms with E-state index in [9.17, 15) is 14.3 Å². The molecule has 0 fully saturated rings. The Hall–Kier alpha value is -2.05. The Morgan fingerprint density at radius 2 is 1.80 bits per heavy atom. The van der Waals surface area contributed by atoms with Gasteiger partial charge in [-0.2, -0.15) is 0 Å². The van der Waals surface area contributed by atoms with E-state index in [0.717, 1.165) is 5.56 Å². The third-order valence-corrected chi connectivity index (χ3v) is 3.71. The van der Waals surface area contributed by atoms with Crippen LogP contribution < -0.4 is 0 Å². The Morgan fingerprint density at radius 3 is 2.45 bits per heavy atom. The summed E-state index contributed by atoms with van der Waals surface area (Å²) in [6, 6.07) is 13.3. The fourth-order valence-corrected chi connectivity index (χ4v) is 2.37. The highest BCUT2D eigenvalue weighted by molar-refractivity contribution is 7.80. The average Bonchev–Trinajstić information content (AvgIpc) is 2.45. The summed E-state index contributed by atoms with van der Waals surface area (Å²) in [5.41, 5.74) is 1.43. The van der Waals surface area contributed by atoms with Gasteiger partial charge < -0.3 is 0 Å². The normalized spacial score (nSPS) is 12.1. The SMILES string of the molecule is Cc1ccc(S(=O)OCc2ccccc2[N+](=O)[O-])cc1. The van der Waals surface area contributed by atoms with E-state index in [1.54, 1.807) is 30.3 Å². The highest BCUT2D eigenvalue weighted by atomic mass is 32.2. The maximum absolute atomic E-state index is 11.9. The van der Waals surface area contributed by atoms with Crippen molar-refractivity contribution in [1.29, 1.82) is 0 Å². The van der Waals surface area contributed by atoms with Crippen molar-refractivity contribution in [3.8, 4) is 0 Å². The fraction of sp³-hybridized carbons (Fsp3) is 0.143. The maximum Gasteiger partial charge on any atom is 0.274 e. The Labute approximate surface area is 119 Å². The zero-order valence-electron chi connectivity index (χ0n) is 10.8. The standard InChI is InChI=1S/C14H13NO4S/c1-11-6-8-13(9-7-11)20(18)19-10-12-4-2-3-5-14(12)15(16)17/h2-9H,10H2,1H3. The number of nitro benzene ring substituents is 1. The maximum atomic E-state index is 11.9. The summed E-state index contributed by atoms with van der Waals surface area (Å²) in [6.45, 7) is 1.86. The largest absolute Gasteiger partial charge is 0.282 e. The number of nitro groups is 1. The summed E-state index contributed by atoms with van der Waals surface area (Å²) in [7, 11) is 0. The molecular weight excluding hydrogens is 278 g/mol.